The number of aryl methyl sites for hydroxylation is 2. The van der Waals surface area contributed by atoms with E-state index in [1.54, 1.807) is 12.1 Å². The Hall–Kier alpha value is -5.69. The van der Waals surface area contributed by atoms with E-state index in [9.17, 15) is 13.2 Å². The van der Waals surface area contributed by atoms with Crippen molar-refractivity contribution in [2.45, 2.75) is 72.9 Å². The molecule has 0 saturated carbocycles. The van der Waals surface area contributed by atoms with Gasteiger partial charge in [-0.25, -0.2) is 9.55 Å². The number of benzene rings is 5. The Kier molecular flexibility index (Phi) is 8.57. The lowest BCUT2D eigenvalue weighted by Crippen LogP contribution is -2.34. The summed E-state index contributed by atoms with van der Waals surface area (Å²) in [5.41, 5.74) is 9.68. The first-order valence-corrected chi connectivity index (χ1v) is 19.2. The van der Waals surface area contributed by atoms with E-state index in [1.807, 2.05) is 36.4 Å². The van der Waals surface area contributed by atoms with E-state index in [2.05, 4.69) is 105 Å². The zero-order valence-corrected chi connectivity index (χ0v) is 33.0. The van der Waals surface area contributed by atoms with Crippen LogP contribution in [0, 0.1) is 12.3 Å². The summed E-state index contributed by atoms with van der Waals surface area (Å²) in [4.78, 5) is 5.00. The van der Waals surface area contributed by atoms with Crippen molar-refractivity contribution in [3.63, 3.8) is 0 Å². The molecule has 3 aromatic heterocycles. The van der Waals surface area contributed by atoms with Crippen molar-refractivity contribution in [2.75, 3.05) is 0 Å². The van der Waals surface area contributed by atoms with Crippen LogP contribution in [0.4, 0.5) is 13.2 Å². The van der Waals surface area contributed by atoms with Gasteiger partial charge >= 0.3 is 6.18 Å². The standard InChI is InChI=1S/C49H47F3N3O/c1-29(2)38-26-35(33-21-19-32(20-22-33)28-48(6,7)49(50,51)52)27-39(30(3)4)44(38)55-42-17-13-12-16-41(42)54(8)47(55)43-31(5)18-23-36-37-24-25-40(34-14-10-9-11-15-34)53-46(37)56-45(36)43/h9-27,29-30H,28H2,1-8H3/q+1/i28D2. The zero-order chi connectivity index (χ0) is 41.5. The molecule has 0 atom stereocenters. The number of aromatic nitrogens is 3. The van der Waals surface area contributed by atoms with Gasteiger partial charge in [0.25, 0.3) is 5.82 Å². The predicted octanol–water partition coefficient (Wildman–Crippen LogP) is 13.4. The number of rotatable bonds is 8. The van der Waals surface area contributed by atoms with Crippen LogP contribution in [0.3, 0.4) is 0 Å². The monoisotopic (exact) mass is 752 g/mol. The smallest absolute Gasteiger partial charge is 0.394 e. The molecule has 5 aromatic carbocycles. The first kappa shape index (κ1) is 34.8. The molecule has 0 saturated heterocycles. The summed E-state index contributed by atoms with van der Waals surface area (Å²) >= 11 is 0. The third kappa shape index (κ3) is 6.27. The molecule has 284 valence electrons. The van der Waals surface area contributed by atoms with Crippen LogP contribution in [0.25, 0.3) is 72.6 Å². The first-order valence-electron chi connectivity index (χ1n) is 20.2. The molecular formula is C49H47F3N3O+. The normalized spacial score (nSPS) is 13.4. The van der Waals surface area contributed by atoms with Crippen LogP contribution in [0.1, 0.15) is 78.4 Å². The fourth-order valence-corrected chi connectivity index (χ4v) is 7.85. The number of fused-ring (bicyclic) bond motifs is 4. The fourth-order valence-electron chi connectivity index (χ4n) is 7.85. The molecule has 0 N–H and O–H groups in total. The second kappa shape index (κ2) is 13.8. The summed E-state index contributed by atoms with van der Waals surface area (Å²) in [6.45, 7) is 12.7. The summed E-state index contributed by atoms with van der Waals surface area (Å²) in [7, 11) is 2.10. The maximum atomic E-state index is 14.0. The summed E-state index contributed by atoms with van der Waals surface area (Å²) in [5, 5.41) is 1.92. The van der Waals surface area contributed by atoms with Crippen LogP contribution in [0.15, 0.2) is 120 Å². The number of imidazole rings is 1. The van der Waals surface area contributed by atoms with Gasteiger partial charge in [0, 0.05) is 30.2 Å². The molecule has 0 bridgehead atoms. The minimum Gasteiger partial charge on any atom is -0.437 e. The van der Waals surface area contributed by atoms with Crippen molar-refractivity contribution in [2.24, 2.45) is 12.5 Å². The first-order chi connectivity index (χ1) is 27.4. The molecule has 0 radical (unpaired) electrons. The molecule has 0 amide bonds. The average Bonchev–Trinajstić information content (AvgIpc) is 3.71. The van der Waals surface area contributed by atoms with E-state index in [1.165, 1.54) is 12.1 Å². The third-order valence-corrected chi connectivity index (χ3v) is 11.0. The number of halogens is 3. The number of nitrogens with zero attached hydrogens (tertiary/aromatic N) is 3. The van der Waals surface area contributed by atoms with E-state index in [0.717, 1.165) is 97.4 Å². The van der Waals surface area contributed by atoms with Gasteiger partial charge in [0.15, 0.2) is 16.6 Å². The lowest BCUT2D eigenvalue weighted by Gasteiger charge is -2.27. The Labute approximate surface area is 329 Å². The molecule has 0 unspecified atom stereocenters. The van der Waals surface area contributed by atoms with Gasteiger partial charge < -0.3 is 4.42 Å². The Morgan fingerprint density at radius 2 is 1.38 bits per heavy atom. The molecular weight excluding hydrogens is 704 g/mol. The number of alkyl halides is 3. The van der Waals surface area contributed by atoms with Gasteiger partial charge in [-0.05, 0) is 83.8 Å². The third-order valence-electron chi connectivity index (χ3n) is 11.0. The lowest BCUT2D eigenvalue weighted by molar-refractivity contribution is -0.633. The molecule has 8 aromatic rings. The number of hydrogen-bond acceptors (Lipinski definition) is 2. The summed E-state index contributed by atoms with van der Waals surface area (Å²) in [5.74, 6) is 1.12. The van der Waals surface area contributed by atoms with Crippen LogP contribution >= 0.6 is 0 Å². The highest BCUT2D eigenvalue weighted by atomic mass is 19.4. The Morgan fingerprint density at radius 1 is 0.750 bits per heavy atom. The van der Waals surface area contributed by atoms with E-state index in [0.29, 0.717) is 5.71 Å². The minimum atomic E-state index is -4.72. The van der Waals surface area contributed by atoms with E-state index in [-0.39, 0.29) is 17.4 Å². The summed E-state index contributed by atoms with van der Waals surface area (Å²) < 4.78 is 70.4. The van der Waals surface area contributed by atoms with Gasteiger partial charge in [0.2, 0.25) is 5.71 Å². The molecule has 4 nitrogen and oxygen atoms in total. The van der Waals surface area contributed by atoms with Gasteiger partial charge in [-0.2, -0.15) is 17.7 Å². The van der Waals surface area contributed by atoms with Gasteiger partial charge in [0.1, 0.15) is 11.3 Å². The second-order valence-electron chi connectivity index (χ2n) is 16.0. The Morgan fingerprint density at radius 3 is 2.02 bits per heavy atom. The molecule has 0 aliphatic heterocycles. The minimum absolute atomic E-state index is 0.0130. The van der Waals surface area contributed by atoms with Crippen molar-refractivity contribution in [1.29, 1.82) is 0 Å². The van der Waals surface area contributed by atoms with E-state index >= 15 is 0 Å². The molecule has 0 spiro atoms. The van der Waals surface area contributed by atoms with Crippen molar-refractivity contribution in [1.82, 2.24) is 9.55 Å². The molecule has 3 heterocycles. The number of pyridine rings is 1. The van der Waals surface area contributed by atoms with Gasteiger partial charge in [0.05, 0.1) is 18.2 Å². The average molecular weight is 753 g/mol. The van der Waals surface area contributed by atoms with Crippen LogP contribution < -0.4 is 4.57 Å². The lowest BCUT2D eigenvalue weighted by atomic mass is 9.84. The van der Waals surface area contributed by atoms with Crippen LogP contribution in [0.2, 0.25) is 0 Å². The highest BCUT2D eigenvalue weighted by Gasteiger charge is 2.47. The summed E-state index contributed by atoms with van der Waals surface area (Å²) in [6, 6.07) is 37.7. The Bertz CT molecular complexity index is 2820. The summed E-state index contributed by atoms with van der Waals surface area (Å²) in [6.07, 6.45) is -7.36. The number of hydrogen-bond donors (Lipinski definition) is 0. The molecule has 0 fully saturated rings. The zero-order valence-electron chi connectivity index (χ0n) is 35.0. The molecule has 7 heteroatoms. The molecule has 8 rings (SSSR count). The number of furan rings is 1. The molecule has 56 heavy (non-hydrogen) atoms. The van der Waals surface area contributed by atoms with Crippen molar-refractivity contribution >= 4 is 33.1 Å². The van der Waals surface area contributed by atoms with Crippen LogP contribution in [-0.2, 0) is 13.4 Å². The topological polar surface area (TPSA) is 34.8 Å². The maximum absolute atomic E-state index is 14.0. The number of para-hydroxylation sites is 2. The van der Waals surface area contributed by atoms with E-state index in [4.69, 9.17) is 12.1 Å². The van der Waals surface area contributed by atoms with Crippen molar-refractivity contribution < 1.29 is 24.9 Å². The van der Waals surface area contributed by atoms with Gasteiger partial charge in [-0.15, -0.1) is 0 Å². The predicted molar refractivity (Wildman–Crippen MR) is 222 cm³/mol. The van der Waals surface area contributed by atoms with Gasteiger partial charge in [-0.3, -0.25) is 0 Å². The van der Waals surface area contributed by atoms with Crippen molar-refractivity contribution in [3.05, 3.63) is 138 Å². The highest BCUT2D eigenvalue weighted by molar-refractivity contribution is 6.09. The Balaban J connectivity index is 1.36. The molecule has 0 aliphatic carbocycles. The highest BCUT2D eigenvalue weighted by Crippen LogP contribution is 2.44. The van der Waals surface area contributed by atoms with Gasteiger partial charge in [-0.1, -0.05) is 120 Å². The van der Waals surface area contributed by atoms with Crippen molar-refractivity contribution in [3.8, 4) is 39.5 Å². The SMILES string of the molecule is [2H]C([2H])(c1ccc(-c2cc(C(C)C)c(-n3c(-c4c(C)ccc5c4oc4nc(-c6ccccc6)ccc45)[n+](C)c4ccccc43)c(C(C)C)c2)cc1)C(C)(C)C(F)(F)F. The van der Waals surface area contributed by atoms with E-state index < -0.39 is 18.0 Å². The quantitative estimate of drug-likeness (QED) is 0.145. The largest absolute Gasteiger partial charge is 0.437 e. The molecule has 0 aliphatic rings. The second-order valence-corrected chi connectivity index (χ2v) is 16.0. The fraction of sp³-hybridized carbons (Fsp3) is 0.265. The maximum Gasteiger partial charge on any atom is 0.394 e. The van der Waals surface area contributed by atoms with Crippen LogP contribution in [0.5, 0.6) is 0 Å². The van der Waals surface area contributed by atoms with Crippen LogP contribution in [-0.4, -0.2) is 15.7 Å².